The standard InChI is InChI=1S/C11H16N2OS.ClH/c1-13(8-10-3-2-6-15-10)11(14)9-4-5-12-7-9;/h2-3,6,9,12H,4-5,7-8H2,1H3;1H/t9-;/m1./s1. The summed E-state index contributed by atoms with van der Waals surface area (Å²) in [6.07, 6.45) is 0.980. The van der Waals surface area contributed by atoms with Crippen molar-refractivity contribution in [3.63, 3.8) is 0 Å². The number of amides is 1. The molecule has 0 aromatic carbocycles. The summed E-state index contributed by atoms with van der Waals surface area (Å²) in [4.78, 5) is 15.0. The van der Waals surface area contributed by atoms with Crippen LogP contribution in [0.4, 0.5) is 0 Å². The Labute approximate surface area is 106 Å². The van der Waals surface area contributed by atoms with Crippen molar-refractivity contribution < 1.29 is 4.79 Å². The zero-order chi connectivity index (χ0) is 10.7. The molecule has 2 heterocycles. The second-order valence-corrected chi connectivity index (χ2v) is 5.00. The van der Waals surface area contributed by atoms with Crippen LogP contribution in [0, 0.1) is 5.92 Å². The number of rotatable bonds is 3. The van der Waals surface area contributed by atoms with Crippen LogP contribution in [0.2, 0.25) is 0 Å². The van der Waals surface area contributed by atoms with Gasteiger partial charge in [-0.1, -0.05) is 6.07 Å². The number of carbonyl (C=O) groups excluding carboxylic acids is 1. The van der Waals surface area contributed by atoms with Gasteiger partial charge in [-0.15, -0.1) is 23.7 Å². The Morgan fingerprint density at radius 1 is 1.69 bits per heavy atom. The van der Waals surface area contributed by atoms with Gasteiger partial charge >= 0.3 is 0 Å². The molecule has 1 aromatic rings. The van der Waals surface area contributed by atoms with Gasteiger partial charge in [-0.25, -0.2) is 0 Å². The molecule has 0 spiro atoms. The number of halogens is 1. The van der Waals surface area contributed by atoms with Crippen LogP contribution in [0.1, 0.15) is 11.3 Å². The van der Waals surface area contributed by atoms with Crippen molar-refractivity contribution in [1.29, 1.82) is 0 Å². The van der Waals surface area contributed by atoms with E-state index in [4.69, 9.17) is 0 Å². The zero-order valence-corrected chi connectivity index (χ0v) is 10.9. The summed E-state index contributed by atoms with van der Waals surface area (Å²) in [5.41, 5.74) is 0. The van der Waals surface area contributed by atoms with E-state index >= 15 is 0 Å². The largest absolute Gasteiger partial charge is 0.340 e. The average molecular weight is 261 g/mol. The van der Waals surface area contributed by atoms with Gasteiger partial charge in [0.25, 0.3) is 0 Å². The Bertz CT molecular complexity index is 323. The molecule has 90 valence electrons. The Morgan fingerprint density at radius 3 is 3.06 bits per heavy atom. The van der Waals surface area contributed by atoms with Crippen LogP contribution in [0.3, 0.4) is 0 Å². The van der Waals surface area contributed by atoms with Crippen LogP contribution in [0.25, 0.3) is 0 Å². The average Bonchev–Trinajstić information content (AvgIpc) is 2.88. The molecule has 0 radical (unpaired) electrons. The Balaban J connectivity index is 0.00000128. The highest BCUT2D eigenvalue weighted by Crippen LogP contribution is 2.15. The van der Waals surface area contributed by atoms with E-state index in [1.807, 2.05) is 23.4 Å². The van der Waals surface area contributed by atoms with Crippen LogP contribution in [0.5, 0.6) is 0 Å². The van der Waals surface area contributed by atoms with Gasteiger partial charge in [0.2, 0.25) is 5.91 Å². The van der Waals surface area contributed by atoms with Crippen molar-refractivity contribution in [3.05, 3.63) is 22.4 Å². The number of thiophene rings is 1. The predicted octanol–water partition coefficient (Wildman–Crippen LogP) is 1.74. The molecular weight excluding hydrogens is 244 g/mol. The molecule has 1 amide bonds. The van der Waals surface area contributed by atoms with Crippen LogP contribution in [-0.2, 0) is 11.3 Å². The first-order chi connectivity index (χ1) is 7.27. The number of carbonyl (C=O) groups is 1. The fraction of sp³-hybridized carbons (Fsp3) is 0.545. The minimum Gasteiger partial charge on any atom is -0.340 e. The highest BCUT2D eigenvalue weighted by molar-refractivity contribution is 7.09. The molecule has 1 saturated heterocycles. The minimum absolute atomic E-state index is 0. The molecule has 1 atom stereocenters. The normalized spacial score (nSPS) is 19.2. The van der Waals surface area contributed by atoms with Gasteiger partial charge in [-0.2, -0.15) is 0 Å². The quantitative estimate of drug-likeness (QED) is 0.898. The van der Waals surface area contributed by atoms with Crippen molar-refractivity contribution in [2.45, 2.75) is 13.0 Å². The first-order valence-corrected chi connectivity index (χ1v) is 6.13. The third-order valence-corrected chi connectivity index (χ3v) is 3.62. The van der Waals surface area contributed by atoms with Gasteiger partial charge in [0.05, 0.1) is 12.5 Å². The molecule has 1 fully saturated rings. The van der Waals surface area contributed by atoms with Crippen LogP contribution in [0.15, 0.2) is 17.5 Å². The van der Waals surface area contributed by atoms with Crippen LogP contribution >= 0.6 is 23.7 Å². The molecule has 16 heavy (non-hydrogen) atoms. The minimum atomic E-state index is 0. The van der Waals surface area contributed by atoms with Gasteiger partial charge in [0, 0.05) is 18.5 Å². The van der Waals surface area contributed by atoms with E-state index < -0.39 is 0 Å². The first-order valence-electron chi connectivity index (χ1n) is 5.25. The van der Waals surface area contributed by atoms with Crippen LogP contribution < -0.4 is 5.32 Å². The van der Waals surface area contributed by atoms with E-state index in [-0.39, 0.29) is 24.2 Å². The van der Waals surface area contributed by atoms with Gasteiger partial charge in [-0.3, -0.25) is 4.79 Å². The van der Waals surface area contributed by atoms with Crippen LogP contribution in [-0.4, -0.2) is 30.9 Å². The summed E-state index contributed by atoms with van der Waals surface area (Å²) < 4.78 is 0. The zero-order valence-electron chi connectivity index (χ0n) is 9.31. The van der Waals surface area contributed by atoms with Gasteiger partial charge in [0.1, 0.15) is 0 Å². The summed E-state index contributed by atoms with van der Waals surface area (Å²) in [6.45, 7) is 2.56. The van der Waals surface area contributed by atoms with Gasteiger partial charge < -0.3 is 10.2 Å². The fourth-order valence-electron chi connectivity index (χ4n) is 1.89. The van der Waals surface area contributed by atoms with Crippen molar-refractivity contribution >= 4 is 29.7 Å². The van der Waals surface area contributed by atoms with Gasteiger partial charge in [0.15, 0.2) is 0 Å². The summed E-state index contributed by atoms with van der Waals surface area (Å²) in [5.74, 6) is 0.461. The van der Waals surface area contributed by atoms with E-state index in [0.717, 1.165) is 26.1 Å². The number of hydrogen-bond acceptors (Lipinski definition) is 3. The Morgan fingerprint density at radius 2 is 2.50 bits per heavy atom. The highest BCUT2D eigenvalue weighted by Gasteiger charge is 2.25. The van der Waals surface area contributed by atoms with E-state index in [9.17, 15) is 4.79 Å². The van der Waals surface area contributed by atoms with Crippen molar-refractivity contribution in [2.24, 2.45) is 5.92 Å². The molecule has 0 bridgehead atoms. The van der Waals surface area contributed by atoms with Crippen molar-refractivity contribution in [2.75, 3.05) is 20.1 Å². The molecule has 1 N–H and O–H groups in total. The highest BCUT2D eigenvalue weighted by atomic mass is 35.5. The topological polar surface area (TPSA) is 32.3 Å². The lowest BCUT2D eigenvalue weighted by Crippen LogP contribution is -2.33. The lowest BCUT2D eigenvalue weighted by atomic mass is 10.1. The molecule has 0 aliphatic carbocycles. The first kappa shape index (κ1) is 13.5. The molecule has 1 aliphatic rings. The summed E-state index contributed by atoms with van der Waals surface area (Å²) >= 11 is 1.70. The third kappa shape index (κ3) is 3.20. The second-order valence-electron chi connectivity index (χ2n) is 3.96. The van der Waals surface area contributed by atoms with Gasteiger partial charge in [-0.05, 0) is 24.4 Å². The SMILES string of the molecule is CN(Cc1cccs1)C(=O)[C@@H]1CCNC1.Cl. The fourth-order valence-corrected chi connectivity index (χ4v) is 2.65. The molecule has 5 heteroatoms. The molecule has 1 aliphatic heterocycles. The monoisotopic (exact) mass is 260 g/mol. The summed E-state index contributed by atoms with van der Waals surface area (Å²) in [5, 5.41) is 5.27. The maximum absolute atomic E-state index is 12.0. The third-order valence-electron chi connectivity index (χ3n) is 2.76. The molecule has 0 saturated carbocycles. The molecule has 3 nitrogen and oxygen atoms in total. The van der Waals surface area contributed by atoms with Crippen molar-refractivity contribution in [3.8, 4) is 0 Å². The molecular formula is C11H17ClN2OS. The van der Waals surface area contributed by atoms with E-state index in [2.05, 4.69) is 11.4 Å². The lowest BCUT2D eigenvalue weighted by molar-refractivity contribution is -0.134. The lowest BCUT2D eigenvalue weighted by Gasteiger charge is -2.19. The van der Waals surface area contributed by atoms with E-state index in [1.54, 1.807) is 11.3 Å². The summed E-state index contributed by atoms with van der Waals surface area (Å²) in [7, 11) is 1.89. The number of nitrogens with zero attached hydrogens (tertiary/aromatic N) is 1. The van der Waals surface area contributed by atoms with E-state index in [0.29, 0.717) is 0 Å². The Hall–Kier alpha value is -0.580. The number of nitrogens with one attached hydrogen (secondary N) is 1. The molecule has 1 aromatic heterocycles. The molecule has 2 rings (SSSR count). The molecule has 0 unspecified atom stereocenters. The van der Waals surface area contributed by atoms with Crippen molar-refractivity contribution in [1.82, 2.24) is 10.2 Å². The maximum Gasteiger partial charge on any atom is 0.227 e. The number of hydrogen-bond donors (Lipinski definition) is 1. The van der Waals surface area contributed by atoms with E-state index in [1.165, 1.54) is 4.88 Å². The second kappa shape index (κ2) is 6.23. The predicted molar refractivity (Wildman–Crippen MR) is 69.0 cm³/mol. The Kier molecular flexibility index (Phi) is 5.25. The smallest absolute Gasteiger partial charge is 0.227 e. The summed E-state index contributed by atoms with van der Waals surface area (Å²) in [6, 6.07) is 4.09. The maximum atomic E-state index is 12.0.